The van der Waals surface area contributed by atoms with Crippen LogP contribution in [-0.4, -0.2) is 26.8 Å². The lowest BCUT2D eigenvalue weighted by Gasteiger charge is -1.97. The molecule has 0 spiro atoms. The minimum atomic E-state index is -0.0792. The Morgan fingerprint density at radius 1 is 1.05 bits per heavy atom. The summed E-state index contributed by atoms with van der Waals surface area (Å²) in [6, 6.07) is 9.90. The Balaban J connectivity index is 1.93. The first-order valence-electron chi connectivity index (χ1n) is 5.77. The second-order valence-corrected chi connectivity index (χ2v) is 4.03. The highest BCUT2D eigenvalue weighted by Crippen LogP contribution is 2.33. The molecule has 1 heterocycles. The van der Waals surface area contributed by atoms with Crippen LogP contribution in [0.25, 0.3) is 11.0 Å². The highest BCUT2D eigenvalue weighted by molar-refractivity contribution is 5.85. The highest BCUT2D eigenvalue weighted by Gasteiger charge is 2.08. The van der Waals surface area contributed by atoms with Gasteiger partial charge in [0.15, 0.2) is 11.3 Å². The number of aromatic hydroxyl groups is 1. The number of nitrogens with zero attached hydrogens (tertiary/aromatic N) is 4. The summed E-state index contributed by atoms with van der Waals surface area (Å²) in [4.78, 5) is 10.5. The van der Waals surface area contributed by atoms with Crippen LogP contribution >= 0.6 is 0 Å². The monoisotopic (exact) mass is 267 g/mol. The van der Waals surface area contributed by atoms with Crippen molar-refractivity contribution in [3.8, 4) is 5.75 Å². The molecule has 7 nitrogen and oxygen atoms in total. The van der Waals surface area contributed by atoms with Crippen molar-refractivity contribution in [3.63, 3.8) is 0 Å². The van der Waals surface area contributed by atoms with E-state index >= 15 is 0 Å². The zero-order chi connectivity index (χ0) is 13.9. The van der Waals surface area contributed by atoms with Gasteiger partial charge in [0.25, 0.3) is 0 Å². The molecule has 1 aromatic heterocycles. The largest absolute Gasteiger partial charge is 0.504 e. The number of benzene rings is 2. The van der Waals surface area contributed by atoms with E-state index in [1.807, 2.05) is 0 Å². The molecule has 0 aliphatic rings. The molecule has 0 unspecified atom stereocenters. The van der Waals surface area contributed by atoms with Crippen molar-refractivity contribution in [1.82, 2.24) is 15.4 Å². The van der Waals surface area contributed by atoms with Crippen LogP contribution in [0.2, 0.25) is 0 Å². The average molecular weight is 267 g/mol. The van der Waals surface area contributed by atoms with Crippen molar-refractivity contribution < 1.29 is 9.90 Å². The van der Waals surface area contributed by atoms with Crippen LogP contribution in [0.15, 0.2) is 46.6 Å². The molecule has 20 heavy (non-hydrogen) atoms. The molecule has 0 saturated carbocycles. The number of nitrogens with one attached hydrogen (secondary N) is 1. The molecule has 0 aliphatic heterocycles. The van der Waals surface area contributed by atoms with Crippen molar-refractivity contribution in [2.75, 3.05) is 0 Å². The van der Waals surface area contributed by atoms with Gasteiger partial charge in [-0.05, 0) is 36.4 Å². The maximum atomic E-state index is 10.5. The van der Waals surface area contributed by atoms with E-state index in [0.29, 0.717) is 28.0 Å². The zero-order valence-corrected chi connectivity index (χ0v) is 10.2. The van der Waals surface area contributed by atoms with E-state index in [4.69, 9.17) is 0 Å². The maximum absolute atomic E-state index is 10.5. The molecule has 0 aliphatic carbocycles. The summed E-state index contributed by atoms with van der Waals surface area (Å²) in [5, 5.41) is 28.1. The number of fused-ring (bicyclic) bond motifs is 1. The van der Waals surface area contributed by atoms with Gasteiger partial charge < -0.3 is 5.11 Å². The highest BCUT2D eigenvalue weighted by atomic mass is 16.3. The van der Waals surface area contributed by atoms with Gasteiger partial charge in [0.2, 0.25) is 0 Å². The number of H-pyrrole nitrogens is 1. The summed E-state index contributed by atoms with van der Waals surface area (Å²) < 4.78 is 0. The van der Waals surface area contributed by atoms with E-state index in [2.05, 4.69) is 25.6 Å². The van der Waals surface area contributed by atoms with Crippen molar-refractivity contribution in [3.05, 3.63) is 42.0 Å². The first kappa shape index (κ1) is 12.0. The fourth-order valence-electron chi connectivity index (χ4n) is 1.70. The SMILES string of the molecule is O=Cc1ccc(N=Nc2ccc3n[nH]nc3c2O)cc1. The molecular formula is C13H9N5O2. The molecule has 0 radical (unpaired) electrons. The molecule has 0 fully saturated rings. The molecule has 3 aromatic rings. The van der Waals surface area contributed by atoms with Crippen LogP contribution < -0.4 is 0 Å². The number of hydrogen-bond donors (Lipinski definition) is 2. The Morgan fingerprint density at radius 3 is 2.60 bits per heavy atom. The summed E-state index contributed by atoms with van der Waals surface area (Å²) in [7, 11) is 0. The van der Waals surface area contributed by atoms with Crippen LogP contribution in [0.3, 0.4) is 0 Å². The smallest absolute Gasteiger partial charge is 0.173 e. The lowest BCUT2D eigenvalue weighted by Crippen LogP contribution is -1.76. The van der Waals surface area contributed by atoms with Gasteiger partial charge in [0.1, 0.15) is 17.5 Å². The Morgan fingerprint density at radius 2 is 1.85 bits per heavy atom. The predicted octanol–water partition coefficient (Wildman–Crippen LogP) is 2.89. The maximum Gasteiger partial charge on any atom is 0.173 e. The average Bonchev–Trinajstić information content (AvgIpc) is 2.96. The number of aromatic amines is 1. The topological polar surface area (TPSA) is 104 Å². The van der Waals surface area contributed by atoms with Gasteiger partial charge in [0, 0.05) is 5.56 Å². The summed E-state index contributed by atoms with van der Waals surface area (Å²) >= 11 is 0. The van der Waals surface area contributed by atoms with Gasteiger partial charge in [-0.2, -0.15) is 20.5 Å². The molecular weight excluding hydrogens is 258 g/mol. The molecule has 0 bridgehead atoms. The Bertz CT molecular complexity index is 792. The third-order valence-corrected chi connectivity index (χ3v) is 2.74. The minimum absolute atomic E-state index is 0.0792. The van der Waals surface area contributed by atoms with Gasteiger partial charge in [0.05, 0.1) is 5.69 Å². The van der Waals surface area contributed by atoms with E-state index < -0.39 is 0 Å². The Labute approximate surface area is 113 Å². The van der Waals surface area contributed by atoms with Gasteiger partial charge in [-0.25, -0.2) is 0 Å². The standard InChI is InChI=1S/C13H9N5O2/c19-7-8-1-3-9(4-2-8)14-15-11-6-5-10-12(13(11)20)17-18-16-10/h1-7,20H,(H,16,17,18). The number of carbonyl (C=O) groups excluding carboxylic acids is 1. The van der Waals surface area contributed by atoms with Crippen LogP contribution in [-0.2, 0) is 0 Å². The number of rotatable bonds is 3. The van der Waals surface area contributed by atoms with Gasteiger partial charge in [-0.3, -0.25) is 4.79 Å². The first-order valence-corrected chi connectivity index (χ1v) is 5.77. The number of aromatic nitrogens is 3. The molecule has 0 atom stereocenters. The molecule has 2 aromatic carbocycles. The fraction of sp³-hybridized carbons (Fsp3) is 0. The van der Waals surface area contributed by atoms with Gasteiger partial charge >= 0.3 is 0 Å². The van der Waals surface area contributed by atoms with Crippen molar-refractivity contribution in [2.45, 2.75) is 0 Å². The molecule has 0 amide bonds. The number of carbonyl (C=O) groups is 1. The quantitative estimate of drug-likeness (QED) is 0.562. The lowest BCUT2D eigenvalue weighted by molar-refractivity contribution is 0.112. The normalized spacial score (nSPS) is 11.2. The number of aldehydes is 1. The minimum Gasteiger partial charge on any atom is -0.504 e. The molecule has 0 saturated heterocycles. The third kappa shape index (κ3) is 2.12. The van der Waals surface area contributed by atoms with E-state index in [1.165, 1.54) is 0 Å². The summed E-state index contributed by atoms with van der Waals surface area (Å²) in [5.41, 5.74) is 2.34. The van der Waals surface area contributed by atoms with Crippen molar-refractivity contribution in [1.29, 1.82) is 0 Å². The Kier molecular flexibility index (Phi) is 2.92. The molecule has 98 valence electrons. The number of hydrogen-bond acceptors (Lipinski definition) is 6. The second kappa shape index (κ2) is 4.88. The van der Waals surface area contributed by atoms with Gasteiger partial charge in [-0.1, -0.05) is 0 Å². The third-order valence-electron chi connectivity index (χ3n) is 2.74. The second-order valence-electron chi connectivity index (χ2n) is 4.03. The fourth-order valence-corrected chi connectivity index (χ4v) is 1.70. The molecule has 2 N–H and O–H groups in total. The lowest BCUT2D eigenvalue weighted by atomic mass is 10.2. The Hall–Kier alpha value is -3.09. The van der Waals surface area contributed by atoms with E-state index in [9.17, 15) is 9.90 Å². The van der Waals surface area contributed by atoms with E-state index in [0.717, 1.165) is 6.29 Å². The molecule has 7 heteroatoms. The summed E-state index contributed by atoms with van der Waals surface area (Å²) in [5.74, 6) is -0.0792. The van der Waals surface area contributed by atoms with E-state index in [-0.39, 0.29) is 5.75 Å². The van der Waals surface area contributed by atoms with Crippen molar-refractivity contribution in [2.24, 2.45) is 10.2 Å². The number of phenols is 1. The number of phenolic OH excluding ortho intramolecular Hbond substituents is 1. The van der Waals surface area contributed by atoms with Gasteiger partial charge in [-0.15, -0.1) is 5.11 Å². The zero-order valence-electron chi connectivity index (χ0n) is 10.2. The summed E-state index contributed by atoms with van der Waals surface area (Å²) in [6.07, 6.45) is 0.755. The van der Waals surface area contributed by atoms with E-state index in [1.54, 1.807) is 36.4 Å². The van der Waals surface area contributed by atoms with Crippen LogP contribution in [0, 0.1) is 0 Å². The first-order chi connectivity index (χ1) is 9.78. The van der Waals surface area contributed by atoms with Crippen molar-refractivity contribution >= 4 is 28.7 Å². The van der Waals surface area contributed by atoms with Crippen LogP contribution in [0.5, 0.6) is 5.75 Å². The predicted molar refractivity (Wildman–Crippen MR) is 71.6 cm³/mol. The summed E-state index contributed by atoms with van der Waals surface area (Å²) in [6.45, 7) is 0. The molecule has 3 rings (SSSR count). The number of azo groups is 1. The van der Waals surface area contributed by atoms with Crippen LogP contribution in [0.1, 0.15) is 10.4 Å². The van der Waals surface area contributed by atoms with Crippen LogP contribution in [0.4, 0.5) is 11.4 Å².